The third kappa shape index (κ3) is 4.69. The van der Waals surface area contributed by atoms with Gasteiger partial charge in [0.25, 0.3) is 0 Å². The number of hydrogen-bond acceptors (Lipinski definition) is 6. The van der Waals surface area contributed by atoms with Crippen molar-refractivity contribution in [2.75, 3.05) is 23.4 Å². The summed E-state index contributed by atoms with van der Waals surface area (Å²) in [5, 5.41) is 6.16. The largest absolute Gasteiger partial charge is 0.322 e. The first-order valence-corrected chi connectivity index (χ1v) is 12.9. The summed E-state index contributed by atoms with van der Waals surface area (Å²) in [4.78, 5) is 31.4. The minimum atomic E-state index is -3.09. The monoisotopic (exact) mass is 466 g/mol. The Balaban J connectivity index is 1.19. The number of carbonyl (C=O) groups is 2. The fraction of sp³-hybridized carbons (Fsp3) is 0.375. The lowest BCUT2D eigenvalue weighted by Gasteiger charge is -2.25. The number of aromatic nitrogens is 1. The molecule has 1 saturated heterocycles. The number of nitrogens with one attached hydrogen (secondary N) is 2. The minimum absolute atomic E-state index is 0.00707. The summed E-state index contributed by atoms with van der Waals surface area (Å²) in [5.74, 6) is -0.341. The predicted molar refractivity (Wildman–Crippen MR) is 125 cm³/mol. The molecular formula is C24H26N4O4S. The number of benzene rings is 1. The number of pyridine rings is 1. The van der Waals surface area contributed by atoms with Gasteiger partial charge in [-0.25, -0.2) is 13.2 Å². The molecule has 0 saturated carbocycles. The van der Waals surface area contributed by atoms with Gasteiger partial charge >= 0.3 is 6.03 Å². The van der Waals surface area contributed by atoms with Crippen LogP contribution in [0.3, 0.4) is 0 Å². The molecule has 2 aromatic rings. The highest BCUT2D eigenvalue weighted by Gasteiger charge is 2.37. The summed E-state index contributed by atoms with van der Waals surface area (Å²) < 4.78 is 23.5. The van der Waals surface area contributed by atoms with Gasteiger partial charge in [0.2, 0.25) is 0 Å². The lowest BCUT2D eigenvalue weighted by molar-refractivity contribution is -0.124. The number of sulfone groups is 1. The highest BCUT2D eigenvalue weighted by molar-refractivity contribution is 7.91. The molecule has 5 rings (SSSR count). The quantitative estimate of drug-likeness (QED) is 0.716. The Kier molecular flexibility index (Phi) is 5.76. The van der Waals surface area contributed by atoms with E-state index in [1.54, 1.807) is 17.3 Å². The van der Waals surface area contributed by atoms with E-state index in [0.29, 0.717) is 38.2 Å². The summed E-state index contributed by atoms with van der Waals surface area (Å²) in [6, 6.07) is 9.02. The smallest absolute Gasteiger partial charge is 0.316 e. The summed E-state index contributed by atoms with van der Waals surface area (Å²) in [7, 11) is -3.09. The van der Waals surface area contributed by atoms with Crippen LogP contribution in [0.1, 0.15) is 29.5 Å². The van der Waals surface area contributed by atoms with Crippen LogP contribution in [-0.4, -0.2) is 54.2 Å². The lowest BCUT2D eigenvalue weighted by atomic mass is 9.88. The van der Waals surface area contributed by atoms with Crippen molar-refractivity contribution in [1.82, 2.24) is 15.2 Å². The van der Waals surface area contributed by atoms with E-state index in [1.165, 1.54) is 0 Å². The Morgan fingerprint density at radius 3 is 2.61 bits per heavy atom. The molecule has 1 fully saturated rings. The van der Waals surface area contributed by atoms with Gasteiger partial charge in [0.05, 0.1) is 17.5 Å². The van der Waals surface area contributed by atoms with E-state index >= 15 is 0 Å². The average molecular weight is 467 g/mol. The highest BCUT2D eigenvalue weighted by atomic mass is 32.2. The Labute approximate surface area is 193 Å². The summed E-state index contributed by atoms with van der Waals surface area (Å²) in [6.45, 7) is 1.68. The van der Waals surface area contributed by atoms with Crippen molar-refractivity contribution in [1.29, 1.82) is 0 Å². The number of ketones is 1. The maximum Gasteiger partial charge on any atom is 0.322 e. The number of hydrogen-bond donors (Lipinski definition) is 2. The molecule has 3 aliphatic heterocycles. The van der Waals surface area contributed by atoms with Crippen molar-refractivity contribution >= 4 is 32.9 Å². The third-order valence-corrected chi connectivity index (χ3v) is 8.40. The van der Waals surface area contributed by atoms with Crippen LogP contribution in [0.2, 0.25) is 0 Å². The second-order valence-corrected chi connectivity index (χ2v) is 11.1. The topological polar surface area (TPSA) is 108 Å². The molecular weight excluding hydrogens is 440 g/mol. The zero-order valence-corrected chi connectivity index (χ0v) is 19.0. The van der Waals surface area contributed by atoms with Crippen LogP contribution < -0.4 is 10.6 Å². The number of Topliss-reactive ketones (excluding diaryl/α,β-unsaturated/α-hetero) is 1. The Morgan fingerprint density at radius 1 is 1.09 bits per heavy atom. The number of anilines is 1. The molecule has 8 nitrogen and oxygen atoms in total. The fourth-order valence-corrected chi connectivity index (χ4v) is 6.53. The van der Waals surface area contributed by atoms with Gasteiger partial charge in [-0.3, -0.25) is 9.78 Å². The van der Waals surface area contributed by atoms with Crippen LogP contribution in [-0.2, 0) is 27.7 Å². The van der Waals surface area contributed by atoms with Crippen LogP contribution in [0.25, 0.3) is 5.57 Å². The van der Waals surface area contributed by atoms with E-state index in [0.717, 1.165) is 22.3 Å². The number of rotatable bonds is 4. The van der Waals surface area contributed by atoms with E-state index < -0.39 is 15.8 Å². The van der Waals surface area contributed by atoms with Crippen molar-refractivity contribution in [3.8, 4) is 0 Å². The van der Waals surface area contributed by atoms with E-state index in [9.17, 15) is 18.0 Å². The number of fused-ring (bicyclic) bond motifs is 1. The third-order valence-electron chi connectivity index (χ3n) is 6.64. The van der Waals surface area contributed by atoms with Crippen LogP contribution in [0.4, 0.5) is 10.5 Å². The SMILES string of the molecule is O=C(C1CCS(=O)(=O)C1)C1CC(c2ccc(NC(=O)N3Cc4ccncc4C3)cc2)=CCN1. The highest BCUT2D eigenvalue weighted by Crippen LogP contribution is 2.28. The second-order valence-electron chi connectivity index (χ2n) is 8.90. The standard InChI is InChI=1S/C24H26N4O4S/c29-23(19-7-10-33(31,32)15-19)22-11-17(6-9-26-22)16-1-3-21(4-2-16)27-24(30)28-13-18-5-8-25-12-20(18)14-28/h1-6,8,12,19,22,26H,7,9-11,13-15H2,(H,27,30). The van der Waals surface area contributed by atoms with E-state index in [-0.39, 0.29) is 29.4 Å². The van der Waals surface area contributed by atoms with Crippen LogP contribution in [0.5, 0.6) is 0 Å². The number of carbonyl (C=O) groups excluding carboxylic acids is 2. The van der Waals surface area contributed by atoms with Gasteiger partial charge in [-0.15, -0.1) is 0 Å². The van der Waals surface area contributed by atoms with Crippen LogP contribution in [0.15, 0.2) is 48.8 Å². The Hall–Kier alpha value is -3.04. The molecule has 0 bridgehead atoms. The van der Waals surface area contributed by atoms with Crippen molar-refractivity contribution in [2.24, 2.45) is 5.92 Å². The maximum atomic E-state index is 12.8. The molecule has 4 heterocycles. The van der Waals surface area contributed by atoms with Crippen molar-refractivity contribution < 1.29 is 18.0 Å². The molecule has 9 heteroatoms. The molecule has 0 spiro atoms. The Bertz CT molecular complexity index is 1200. The van der Waals surface area contributed by atoms with Gasteiger partial charge in [0.1, 0.15) is 0 Å². The molecule has 1 aromatic carbocycles. The van der Waals surface area contributed by atoms with Gasteiger partial charge in [0, 0.05) is 43.6 Å². The van der Waals surface area contributed by atoms with Crippen LogP contribution in [0, 0.1) is 5.92 Å². The average Bonchev–Trinajstić information content (AvgIpc) is 3.42. The number of urea groups is 1. The van der Waals surface area contributed by atoms with E-state index in [4.69, 9.17) is 0 Å². The molecule has 2 amide bonds. The zero-order valence-electron chi connectivity index (χ0n) is 18.2. The van der Waals surface area contributed by atoms with Crippen molar-refractivity contribution in [2.45, 2.75) is 32.0 Å². The van der Waals surface area contributed by atoms with Crippen LogP contribution >= 0.6 is 0 Å². The fourth-order valence-electron chi connectivity index (χ4n) is 4.77. The number of amides is 2. The number of nitrogens with zero attached hydrogens (tertiary/aromatic N) is 2. The molecule has 1 aromatic heterocycles. The molecule has 2 unspecified atom stereocenters. The summed E-state index contributed by atoms with van der Waals surface area (Å²) in [6.07, 6.45) is 6.54. The van der Waals surface area contributed by atoms with Gasteiger partial charge in [0.15, 0.2) is 15.6 Å². The van der Waals surface area contributed by atoms with Gasteiger partial charge in [-0.1, -0.05) is 18.2 Å². The first-order valence-electron chi connectivity index (χ1n) is 11.1. The molecule has 0 aliphatic carbocycles. The summed E-state index contributed by atoms with van der Waals surface area (Å²) in [5.41, 5.74) is 4.93. The van der Waals surface area contributed by atoms with E-state index in [2.05, 4.69) is 21.7 Å². The van der Waals surface area contributed by atoms with E-state index in [1.807, 2.05) is 30.3 Å². The maximum absolute atomic E-state index is 12.8. The van der Waals surface area contributed by atoms with Crippen molar-refractivity contribution in [3.05, 3.63) is 65.5 Å². The normalized spacial score (nSPS) is 23.6. The second kappa shape index (κ2) is 8.72. The molecule has 2 N–H and O–H groups in total. The van der Waals surface area contributed by atoms with Gasteiger partial charge < -0.3 is 15.5 Å². The first-order chi connectivity index (χ1) is 15.9. The Morgan fingerprint density at radius 2 is 1.88 bits per heavy atom. The predicted octanol–water partition coefficient (Wildman–Crippen LogP) is 2.38. The molecule has 172 valence electrons. The van der Waals surface area contributed by atoms with Gasteiger partial charge in [-0.05, 0) is 53.3 Å². The molecule has 3 aliphatic rings. The van der Waals surface area contributed by atoms with Crippen molar-refractivity contribution in [3.63, 3.8) is 0 Å². The van der Waals surface area contributed by atoms with Gasteiger partial charge in [-0.2, -0.15) is 0 Å². The molecule has 0 radical (unpaired) electrons. The first kappa shape index (κ1) is 21.8. The molecule has 2 atom stereocenters. The minimum Gasteiger partial charge on any atom is -0.316 e. The summed E-state index contributed by atoms with van der Waals surface area (Å²) >= 11 is 0. The zero-order chi connectivity index (χ0) is 23.0. The lowest BCUT2D eigenvalue weighted by Crippen LogP contribution is -2.43. The molecule has 33 heavy (non-hydrogen) atoms.